The number of carbonyl (C=O) groups is 1. The minimum atomic E-state index is -4.52. The van der Waals surface area contributed by atoms with Crippen molar-refractivity contribution in [3.63, 3.8) is 0 Å². The molecule has 3 nitrogen and oxygen atoms in total. The van der Waals surface area contributed by atoms with Crippen LogP contribution in [0, 0.1) is 11.7 Å². The summed E-state index contributed by atoms with van der Waals surface area (Å²) < 4.78 is 52.3. The number of rotatable bonds is 4. The van der Waals surface area contributed by atoms with E-state index in [1.54, 1.807) is 12.1 Å². The minimum Gasteiger partial charge on any atom is -0.325 e. The smallest absolute Gasteiger partial charge is 0.325 e. The highest BCUT2D eigenvalue weighted by Crippen LogP contribution is 2.35. The maximum Gasteiger partial charge on any atom is 0.418 e. The number of nitrogens with zero attached hydrogens (tertiary/aromatic N) is 1. The van der Waals surface area contributed by atoms with Crippen LogP contribution >= 0.6 is 0 Å². The number of alkyl halides is 3. The van der Waals surface area contributed by atoms with Crippen LogP contribution in [0.15, 0.2) is 48.5 Å². The molecule has 144 valence electrons. The van der Waals surface area contributed by atoms with Gasteiger partial charge in [0.1, 0.15) is 5.82 Å². The third-order valence-corrected chi connectivity index (χ3v) is 4.69. The fourth-order valence-corrected chi connectivity index (χ4v) is 3.34. The zero-order valence-electron chi connectivity index (χ0n) is 14.6. The van der Waals surface area contributed by atoms with Gasteiger partial charge in [0.15, 0.2) is 0 Å². The molecular weight excluding hydrogens is 360 g/mol. The zero-order valence-corrected chi connectivity index (χ0v) is 14.6. The van der Waals surface area contributed by atoms with Crippen molar-refractivity contribution in [2.24, 2.45) is 5.92 Å². The first-order valence-electron chi connectivity index (χ1n) is 8.77. The Kier molecular flexibility index (Phi) is 5.79. The van der Waals surface area contributed by atoms with Crippen LogP contribution in [0.5, 0.6) is 0 Å². The molecule has 0 saturated carbocycles. The second-order valence-corrected chi connectivity index (χ2v) is 6.73. The number of amides is 1. The van der Waals surface area contributed by atoms with Crippen molar-refractivity contribution >= 4 is 11.6 Å². The van der Waals surface area contributed by atoms with E-state index in [0.717, 1.165) is 24.6 Å². The third kappa shape index (κ3) is 5.07. The van der Waals surface area contributed by atoms with E-state index < -0.39 is 17.6 Å². The Hall–Kier alpha value is -2.41. The van der Waals surface area contributed by atoms with E-state index in [0.29, 0.717) is 19.5 Å². The van der Waals surface area contributed by atoms with Crippen molar-refractivity contribution in [3.8, 4) is 0 Å². The first-order valence-corrected chi connectivity index (χ1v) is 8.77. The highest BCUT2D eigenvalue weighted by molar-refractivity contribution is 5.93. The fraction of sp³-hybridized carbons (Fsp3) is 0.350. The van der Waals surface area contributed by atoms with Crippen LogP contribution in [0.2, 0.25) is 0 Å². The van der Waals surface area contributed by atoms with Crippen LogP contribution < -0.4 is 5.32 Å². The van der Waals surface area contributed by atoms with Gasteiger partial charge in [-0.05, 0) is 49.2 Å². The van der Waals surface area contributed by atoms with Gasteiger partial charge in [-0.25, -0.2) is 4.39 Å². The lowest BCUT2D eigenvalue weighted by molar-refractivity contribution is -0.137. The highest BCUT2D eigenvalue weighted by atomic mass is 19.4. The van der Waals surface area contributed by atoms with E-state index in [2.05, 4.69) is 10.2 Å². The van der Waals surface area contributed by atoms with E-state index in [4.69, 9.17) is 0 Å². The molecule has 1 aliphatic rings. The number of likely N-dealkylation sites (tertiary alicyclic amines) is 1. The standard InChI is InChI=1S/C20H20F4N2O/c21-16-9-7-14(8-10-16)12-26-11-3-4-15(13-26)19(27)25-18-6-2-1-5-17(18)20(22,23)24/h1-2,5-10,15H,3-4,11-13H2,(H,25,27). The van der Waals surface area contributed by atoms with Gasteiger partial charge in [-0.3, -0.25) is 9.69 Å². The topological polar surface area (TPSA) is 32.3 Å². The monoisotopic (exact) mass is 380 g/mol. The minimum absolute atomic E-state index is 0.217. The molecule has 0 radical (unpaired) electrons. The quantitative estimate of drug-likeness (QED) is 0.780. The van der Waals surface area contributed by atoms with Crippen LogP contribution in [-0.2, 0) is 17.5 Å². The Labute approximate surface area is 155 Å². The summed E-state index contributed by atoms with van der Waals surface area (Å²) in [5, 5.41) is 2.44. The molecule has 1 heterocycles. The second-order valence-electron chi connectivity index (χ2n) is 6.73. The van der Waals surface area contributed by atoms with Crippen molar-refractivity contribution < 1.29 is 22.4 Å². The van der Waals surface area contributed by atoms with Gasteiger partial charge in [0.2, 0.25) is 5.91 Å². The molecule has 3 rings (SSSR count). The lowest BCUT2D eigenvalue weighted by atomic mass is 9.96. The number of para-hydroxylation sites is 1. The summed E-state index contributed by atoms with van der Waals surface area (Å²) in [5.41, 5.74) is -0.136. The molecule has 1 atom stereocenters. The van der Waals surface area contributed by atoms with E-state index in [9.17, 15) is 22.4 Å². The Morgan fingerprint density at radius 3 is 2.52 bits per heavy atom. The van der Waals surface area contributed by atoms with Crippen molar-refractivity contribution in [2.75, 3.05) is 18.4 Å². The summed E-state index contributed by atoms with van der Waals surface area (Å²) in [6.07, 6.45) is -3.12. The molecule has 1 N–H and O–H groups in total. The first-order chi connectivity index (χ1) is 12.8. The number of halogens is 4. The number of piperidine rings is 1. The molecule has 2 aromatic carbocycles. The van der Waals surface area contributed by atoms with Gasteiger partial charge in [-0.2, -0.15) is 13.2 Å². The molecular formula is C20H20F4N2O. The molecule has 1 saturated heterocycles. The third-order valence-electron chi connectivity index (χ3n) is 4.69. The Balaban J connectivity index is 1.64. The van der Waals surface area contributed by atoms with Gasteiger partial charge >= 0.3 is 6.18 Å². The molecule has 7 heteroatoms. The van der Waals surface area contributed by atoms with Gasteiger partial charge in [0.25, 0.3) is 0 Å². The summed E-state index contributed by atoms with van der Waals surface area (Å²) in [4.78, 5) is 14.6. The van der Waals surface area contributed by atoms with Crippen LogP contribution in [0.1, 0.15) is 24.0 Å². The summed E-state index contributed by atoms with van der Waals surface area (Å²) >= 11 is 0. The summed E-state index contributed by atoms with van der Waals surface area (Å²) in [7, 11) is 0. The molecule has 27 heavy (non-hydrogen) atoms. The number of nitrogens with one attached hydrogen (secondary N) is 1. The number of anilines is 1. The van der Waals surface area contributed by atoms with Crippen molar-refractivity contribution in [3.05, 3.63) is 65.5 Å². The van der Waals surface area contributed by atoms with E-state index in [1.165, 1.54) is 30.3 Å². The molecule has 0 bridgehead atoms. The number of hydrogen-bond acceptors (Lipinski definition) is 2. The van der Waals surface area contributed by atoms with Crippen LogP contribution in [0.25, 0.3) is 0 Å². The van der Waals surface area contributed by atoms with Gasteiger partial charge in [0, 0.05) is 13.1 Å². The van der Waals surface area contributed by atoms with Crippen molar-refractivity contribution in [2.45, 2.75) is 25.6 Å². The average Bonchev–Trinajstić information content (AvgIpc) is 2.63. The maximum atomic E-state index is 13.1. The zero-order chi connectivity index (χ0) is 19.4. The van der Waals surface area contributed by atoms with Crippen LogP contribution in [0.4, 0.5) is 23.2 Å². The highest BCUT2D eigenvalue weighted by Gasteiger charge is 2.34. The molecule has 0 aromatic heterocycles. The molecule has 0 spiro atoms. The Morgan fingerprint density at radius 1 is 1.11 bits per heavy atom. The second kappa shape index (κ2) is 8.08. The molecule has 1 fully saturated rings. The van der Waals surface area contributed by atoms with Gasteiger partial charge < -0.3 is 5.32 Å². The molecule has 0 aliphatic carbocycles. The van der Waals surface area contributed by atoms with E-state index >= 15 is 0 Å². The Morgan fingerprint density at radius 2 is 1.81 bits per heavy atom. The number of hydrogen-bond donors (Lipinski definition) is 1. The van der Waals surface area contributed by atoms with Crippen LogP contribution in [-0.4, -0.2) is 23.9 Å². The van der Waals surface area contributed by atoms with Gasteiger partial charge in [0.05, 0.1) is 17.2 Å². The predicted molar refractivity (Wildman–Crippen MR) is 94.5 cm³/mol. The SMILES string of the molecule is O=C(Nc1ccccc1C(F)(F)F)C1CCCN(Cc2ccc(F)cc2)C1. The maximum absolute atomic E-state index is 13.1. The lowest BCUT2D eigenvalue weighted by Gasteiger charge is -2.32. The first kappa shape index (κ1) is 19.4. The average molecular weight is 380 g/mol. The summed E-state index contributed by atoms with van der Waals surface area (Å²) in [6, 6.07) is 11.1. The molecule has 1 aliphatic heterocycles. The number of carbonyl (C=O) groups excluding carboxylic acids is 1. The molecule has 2 aromatic rings. The Bertz CT molecular complexity index is 789. The van der Waals surface area contributed by atoms with Crippen molar-refractivity contribution in [1.82, 2.24) is 4.90 Å². The van der Waals surface area contributed by atoms with Crippen molar-refractivity contribution in [1.29, 1.82) is 0 Å². The summed E-state index contributed by atoms with van der Waals surface area (Å²) in [5.74, 6) is -1.10. The van der Waals surface area contributed by atoms with Crippen LogP contribution in [0.3, 0.4) is 0 Å². The molecule has 1 amide bonds. The molecule has 1 unspecified atom stereocenters. The fourth-order valence-electron chi connectivity index (χ4n) is 3.34. The predicted octanol–water partition coefficient (Wildman–Crippen LogP) is 4.70. The van der Waals surface area contributed by atoms with Gasteiger partial charge in [-0.15, -0.1) is 0 Å². The summed E-state index contributed by atoms with van der Waals surface area (Å²) in [6.45, 7) is 1.82. The lowest BCUT2D eigenvalue weighted by Crippen LogP contribution is -2.40. The largest absolute Gasteiger partial charge is 0.418 e. The number of benzene rings is 2. The van der Waals surface area contributed by atoms with E-state index in [1.807, 2.05) is 0 Å². The van der Waals surface area contributed by atoms with Gasteiger partial charge in [-0.1, -0.05) is 24.3 Å². The van der Waals surface area contributed by atoms with E-state index in [-0.39, 0.29) is 17.4 Å². The normalized spacial score (nSPS) is 18.3.